The Kier molecular flexibility index (Phi) is 1.06. The lowest BCUT2D eigenvalue weighted by atomic mass is 10.5. The summed E-state index contributed by atoms with van der Waals surface area (Å²) < 4.78 is 0. The van der Waals surface area contributed by atoms with Gasteiger partial charge in [-0.3, -0.25) is 0 Å². The molecule has 0 saturated carbocycles. The van der Waals surface area contributed by atoms with Crippen LogP contribution in [0.2, 0.25) is 0 Å². The molecule has 2 rings (SSSR count). The normalized spacial score (nSPS) is 13.2. The fourth-order valence-electron chi connectivity index (χ4n) is 0.881. The lowest BCUT2D eigenvalue weighted by Crippen LogP contribution is -2.22. The molecule has 1 aliphatic rings. The van der Waals surface area contributed by atoms with Crippen molar-refractivity contribution in [2.24, 2.45) is 0 Å². The molecule has 0 saturated heterocycles. The number of hydrogen-bond acceptors (Lipinski definition) is 1. The summed E-state index contributed by atoms with van der Waals surface area (Å²) >= 11 is 0. The van der Waals surface area contributed by atoms with E-state index < -0.39 is 0 Å². The third kappa shape index (κ3) is 0.714. The fourth-order valence-corrected chi connectivity index (χ4v) is 0.881. The van der Waals surface area contributed by atoms with Crippen molar-refractivity contribution in [3.8, 4) is 0 Å². The molecule has 0 aliphatic heterocycles. The summed E-state index contributed by atoms with van der Waals surface area (Å²) in [5.74, 6) is 0. The SMILES string of the molecule is C1=CC=CC=c2nc[nH]c2=1. The average Bonchev–Trinajstić information content (AvgIpc) is 2.28. The Morgan fingerprint density at radius 2 is 2.40 bits per heavy atom. The maximum Gasteiger partial charge on any atom is 0.109 e. The monoisotopic (exact) mass is 130 g/mol. The molecule has 0 atom stereocenters. The number of fused-ring (bicyclic) bond motifs is 1. The van der Waals surface area contributed by atoms with E-state index >= 15 is 0 Å². The van der Waals surface area contributed by atoms with Gasteiger partial charge in [0.1, 0.15) is 5.35 Å². The van der Waals surface area contributed by atoms with Gasteiger partial charge >= 0.3 is 0 Å². The van der Waals surface area contributed by atoms with Gasteiger partial charge in [-0.25, -0.2) is 4.98 Å². The quantitative estimate of drug-likeness (QED) is 0.513. The van der Waals surface area contributed by atoms with Crippen LogP contribution in [0.5, 0.6) is 0 Å². The molecule has 0 radical (unpaired) electrons. The second kappa shape index (κ2) is 2.01. The smallest absolute Gasteiger partial charge is 0.109 e. The van der Waals surface area contributed by atoms with E-state index in [2.05, 4.69) is 15.7 Å². The highest BCUT2D eigenvalue weighted by atomic mass is 14.8. The number of aromatic nitrogens is 2. The molecule has 2 heteroatoms. The zero-order valence-corrected chi connectivity index (χ0v) is 5.33. The Bertz CT molecular complexity index is 403. The van der Waals surface area contributed by atoms with E-state index in [9.17, 15) is 0 Å². The first-order valence-corrected chi connectivity index (χ1v) is 3.10. The van der Waals surface area contributed by atoms with Crippen LogP contribution in [-0.4, -0.2) is 9.97 Å². The van der Waals surface area contributed by atoms with Gasteiger partial charge in [0.05, 0.1) is 11.7 Å². The molecule has 2 nitrogen and oxygen atoms in total. The molecule has 0 fully saturated rings. The summed E-state index contributed by atoms with van der Waals surface area (Å²) in [7, 11) is 0. The number of nitrogens with one attached hydrogen (secondary N) is 1. The second-order valence-electron chi connectivity index (χ2n) is 2.03. The maximum atomic E-state index is 4.07. The van der Waals surface area contributed by atoms with Gasteiger partial charge in [0.2, 0.25) is 0 Å². The van der Waals surface area contributed by atoms with Gasteiger partial charge in [-0.05, 0) is 12.2 Å². The van der Waals surface area contributed by atoms with Crippen LogP contribution < -0.4 is 10.7 Å². The van der Waals surface area contributed by atoms with Gasteiger partial charge in [-0.15, -0.1) is 0 Å². The van der Waals surface area contributed by atoms with E-state index in [1.807, 2.05) is 24.3 Å². The van der Waals surface area contributed by atoms with Crippen molar-refractivity contribution in [2.45, 2.75) is 0 Å². The lowest BCUT2D eigenvalue weighted by Gasteiger charge is -1.66. The highest BCUT2D eigenvalue weighted by Gasteiger charge is 1.83. The Hall–Kier alpha value is -1.53. The molecule has 0 amide bonds. The van der Waals surface area contributed by atoms with E-state index in [-0.39, 0.29) is 0 Å². The van der Waals surface area contributed by atoms with Crippen molar-refractivity contribution in [1.82, 2.24) is 9.97 Å². The van der Waals surface area contributed by atoms with Gasteiger partial charge in [0.25, 0.3) is 0 Å². The summed E-state index contributed by atoms with van der Waals surface area (Å²) in [6, 6.07) is 0. The molecule has 1 N–H and O–H groups in total. The van der Waals surface area contributed by atoms with Crippen LogP contribution in [0.25, 0.3) is 11.8 Å². The third-order valence-corrected chi connectivity index (χ3v) is 1.36. The van der Waals surface area contributed by atoms with Crippen LogP contribution in [0.4, 0.5) is 0 Å². The predicted octanol–water partition coefficient (Wildman–Crippen LogP) is -0.304. The van der Waals surface area contributed by atoms with Crippen LogP contribution in [-0.2, 0) is 0 Å². The van der Waals surface area contributed by atoms with Gasteiger partial charge in [-0.2, -0.15) is 0 Å². The van der Waals surface area contributed by atoms with E-state index in [0.29, 0.717) is 0 Å². The molecule has 10 heavy (non-hydrogen) atoms. The molecule has 0 aromatic carbocycles. The Morgan fingerprint density at radius 1 is 1.40 bits per heavy atom. The number of aromatic amines is 1. The zero-order valence-electron chi connectivity index (χ0n) is 5.33. The minimum Gasteiger partial charge on any atom is -0.338 e. The predicted molar refractivity (Wildman–Crippen MR) is 39.4 cm³/mol. The van der Waals surface area contributed by atoms with Gasteiger partial charge < -0.3 is 4.98 Å². The van der Waals surface area contributed by atoms with Crippen LogP contribution >= 0.6 is 0 Å². The topological polar surface area (TPSA) is 28.7 Å². The maximum absolute atomic E-state index is 4.07. The Morgan fingerprint density at radius 3 is 3.40 bits per heavy atom. The number of nitrogens with zero attached hydrogens (tertiary/aromatic N) is 1. The van der Waals surface area contributed by atoms with E-state index in [1.165, 1.54) is 0 Å². The third-order valence-electron chi connectivity index (χ3n) is 1.36. The molecule has 1 aromatic rings. The Labute approximate surface area is 57.9 Å². The first-order valence-electron chi connectivity index (χ1n) is 3.10. The number of allylic oxidation sites excluding steroid dienone is 3. The molecule has 0 unspecified atom stereocenters. The van der Waals surface area contributed by atoms with Crippen LogP contribution in [0.1, 0.15) is 0 Å². The van der Waals surface area contributed by atoms with Crippen molar-refractivity contribution in [2.75, 3.05) is 0 Å². The second-order valence-corrected chi connectivity index (χ2v) is 2.03. The lowest BCUT2D eigenvalue weighted by molar-refractivity contribution is 1.29. The Balaban J connectivity index is 3.03. The first kappa shape index (κ1) is 5.27. The number of imidazole rings is 1. The largest absolute Gasteiger partial charge is 0.338 e. The number of hydrogen-bond donors (Lipinski definition) is 1. The van der Waals surface area contributed by atoms with Crippen LogP contribution in [0.15, 0.2) is 24.6 Å². The molecule has 1 aromatic heterocycles. The summed E-state index contributed by atoms with van der Waals surface area (Å²) in [5.41, 5.74) is 3.04. The van der Waals surface area contributed by atoms with Crippen LogP contribution in [0.3, 0.4) is 0 Å². The van der Waals surface area contributed by atoms with Crippen molar-refractivity contribution in [1.29, 1.82) is 0 Å². The summed E-state index contributed by atoms with van der Waals surface area (Å²) in [5, 5.41) is 1.90. The summed E-state index contributed by atoms with van der Waals surface area (Å²) in [6.07, 6.45) is 9.35. The molecule has 0 spiro atoms. The molecular weight excluding hydrogens is 124 g/mol. The molecule has 48 valence electrons. The number of rotatable bonds is 0. The van der Waals surface area contributed by atoms with Crippen LogP contribution in [0, 0.1) is 0 Å². The van der Waals surface area contributed by atoms with E-state index in [0.717, 1.165) is 10.7 Å². The summed E-state index contributed by atoms with van der Waals surface area (Å²) in [6.45, 7) is 0. The van der Waals surface area contributed by atoms with Crippen molar-refractivity contribution < 1.29 is 0 Å². The van der Waals surface area contributed by atoms with Crippen molar-refractivity contribution in [3.05, 3.63) is 35.3 Å². The highest BCUT2D eigenvalue weighted by molar-refractivity contribution is 5.41. The molecule has 1 aliphatic carbocycles. The molecular formula is C8H6N2. The molecule has 0 bridgehead atoms. The van der Waals surface area contributed by atoms with Crippen molar-refractivity contribution >= 4 is 11.8 Å². The average molecular weight is 130 g/mol. The summed E-state index contributed by atoms with van der Waals surface area (Å²) in [4.78, 5) is 7.04. The van der Waals surface area contributed by atoms with Crippen molar-refractivity contribution in [3.63, 3.8) is 0 Å². The van der Waals surface area contributed by atoms with Gasteiger partial charge in [-0.1, -0.05) is 17.9 Å². The fraction of sp³-hybridized carbons (Fsp3) is 0. The molecule has 1 heterocycles. The first-order chi connectivity index (χ1) is 4.97. The minimum atomic E-state index is 0.949. The van der Waals surface area contributed by atoms with E-state index in [1.54, 1.807) is 6.33 Å². The highest BCUT2D eigenvalue weighted by Crippen LogP contribution is 1.76. The van der Waals surface area contributed by atoms with Gasteiger partial charge in [0, 0.05) is 0 Å². The van der Waals surface area contributed by atoms with Gasteiger partial charge in [0.15, 0.2) is 0 Å². The number of H-pyrrole nitrogens is 1. The minimum absolute atomic E-state index is 0.949. The van der Waals surface area contributed by atoms with E-state index in [4.69, 9.17) is 0 Å². The zero-order chi connectivity index (χ0) is 6.81. The standard InChI is InChI=1S/C8H6N2/c1-2-4-7-8(5-3-1)10-6-9-7/h1-4,6H,(H,9,10).